The first kappa shape index (κ1) is 15.7. The maximum absolute atomic E-state index is 11.9. The number of ether oxygens (including phenoxy) is 1. The first-order chi connectivity index (χ1) is 6.88. The molecule has 2 N–H and O–H groups in total. The normalized spacial score (nSPS) is 25.8. The zero-order chi connectivity index (χ0) is 11.6. The van der Waals surface area contributed by atoms with Crippen molar-refractivity contribution in [1.29, 1.82) is 0 Å². The Morgan fingerprint density at radius 2 is 2.12 bits per heavy atom. The number of likely N-dealkylation sites (tertiary alicyclic amines) is 1. The molecule has 1 saturated heterocycles. The zero-order valence-corrected chi connectivity index (χ0v) is 11.3. The summed E-state index contributed by atoms with van der Waals surface area (Å²) in [4.78, 5) is 13.7. The molecule has 4 nitrogen and oxygen atoms in total. The van der Waals surface area contributed by atoms with Crippen molar-refractivity contribution in [3.63, 3.8) is 0 Å². The molecule has 0 aromatic heterocycles. The molecule has 1 heterocycles. The number of nitrogens with two attached hydrogens (primary N) is 1. The Balaban J connectivity index is 0.00000225. The third-order valence-electron chi connectivity index (χ3n) is 3.33. The van der Waals surface area contributed by atoms with Crippen LogP contribution < -0.4 is 5.73 Å². The number of halogens is 1. The first-order valence-corrected chi connectivity index (χ1v) is 5.45. The number of methoxy groups -OCH3 is 1. The molecule has 1 fully saturated rings. The highest BCUT2D eigenvalue weighted by atomic mass is 35.5. The van der Waals surface area contributed by atoms with Gasteiger partial charge in [-0.3, -0.25) is 4.79 Å². The number of hydrogen-bond donors (Lipinski definition) is 1. The topological polar surface area (TPSA) is 55.6 Å². The highest BCUT2D eigenvalue weighted by molar-refractivity contribution is 5.85. The lowest BCUT2D eigenvalue weighted by molar-refractivity contribution is -0.144. The van der Waals surface area contributed by atoms with Crippen molar-refractivity contribution in [1.82, 2.24) is 4.90 Å². The van der Waals surface area contributed by atoms with Crippen molar-refractivity contribution in [2.24, 2.45) is 11.1 Å². The maximum Gasteiger partial charge on any atom is 0.251 e. The molecule has 0 aliphatic carbocycles. The molecule has 1 rings (SSSR count). The molecule has 16 heavy (non-hydrogen) atoms. The van der Waals surface area contributed by atoms with Gasteiger partial charge in [0.25, 0.3) is 5.91 Å². The van der Waals surface area contributed by atoms with Gasteiger partial charge in [0.05, 0.1) is 0 Å². The minimum absolute atomic E-state index is 0. The zero-order valence-electron chi connectivity index (χ0n) is 10.5. The number of amides is 1. The van der Waals surface area contributed by atoms with Crippen LogP contribution in [0.1, 0.15) is 27.2 Å². The van der Waals surface area contributed by atoms with Gasteiger partial charge in [-0.05, 0) is 18.8 Å². The smallest absolute Gasteiger partial charge is 0.251 e. The molecule has 1 amide bonds. The predicted octanol–water partition coefficient (Wildman–Crippen LogP) is 1.03. The van der Waals surface area contributed by atoms with Gasteiger partial charge in [-0.25, -0.2) is 0 Å². The SMILES string of the molecule is COC(C)C(=O)N1CCC(N)C(C)(C)C1.Cl. The van der Waals surface area contributed by atoms with Gasteiger partial charge in [-0.1, -0.05) is 13.8 Å². The third kappa shape index (κ3) is 3.34. The van der Waals surface area contributed by atoms with E-state index in [9.17, 15) is 4.79 Å². The number of carbonyl (C=O) groups excluding carboxylic acids is 1. The first-order valence-electron chi connectivity index (χ1n) is 5.45. The lowest BCUT2D eigenvalue weighted by Crippen LogP contribution is -2.55. The molecule has 1 aliphatic rings. The van der Waals surface area contributed by atoms with Crippen LogP contribution in [0.4, 0.5) is 0 Å². The van der Waals surface area contributed by atoms with Crippen LogP contribution >= 0.6 is 12.4 Å². The Morgan fingerprint density at radius 3 is 2.56 bits per heavy atom. The summed E-state index contributed by atoms with van der Waals surface area (Å²) in [6.07, 6.45) is 0.518. The summed E-state index contributed by atoms with van der Waals surface area (Å²) in [5.41, 5.74) is 6.02. The predicted molar refractivity (Wildman–Crippen MR) is 66.7 cm³/mol. The maximum atomic E-state index is 11.9. The van der Waals surface area contributed by atoms with Crippen LogP contribution in [-0.4, -0.2) is 43.2 Å². The van der Waals surface area contributed by atoms with Gasteiger partial charge in [-0.15, -0.1) is 12.4 Å². The van der Waals surface area contributed by atoms with Crippen LogP contribution in [0.25, 0.3) is 0 Å². The molecular formula is C11H23ClN2O2. The largest absolute Gasteiger partial charge is 0.372 e. The van der Waals surface area contributed by atoms with Gasteiger partial charge < -0.3 is 15.4 Å². The Labute approximate surface area is 104 Å². The van der Waals surface area contributed by atoms with Gasteiger partial charge in [0.2, 0.25) is 0 Å². The summed E-state index contributed by atoms with van der Waals surface area (Å²) in [5.74, 6) is 0.0671. The van der Waals surface area contributed by atoms with Crippen LogP contribution in [0.3, 0.4) is 0 Å². The van der Waals surface area contributed by atoms with Crippen molar-refractivity contribution >= 4 is 18.3 Å². The average Bonchev–Trinajstić information content (AvgIpc) is 2.19. The minimum atomic E-state index is -0.352. The fourth-order valence-electron chi connectivity index (χ4n) is 1.92. The van der Waals surface area contributed by atoms with Gasteiger partial charge in [-0.2, -0.15) is 0 Å². The van der Waals surface area contributed by atoms with E-state index in [4.69, 9.17) is 10.5 Å². The molecule has 0 radical (unpaired) electrons. The van der Waals surface area contributed by atoms with E-state index in [-0.39, 0.29) is 35.9 Å². The number of piperidine rings is 1. The summed E-state index contributed by atoms with van der Waals surface area (Å²) in [6, 6.07) is 0.180. The van der Waals surface area contributed by atoms with Gasteiger partial charge >= 0.3 is 0 Å². The Kier molecular flexibility index (Phi) is 5.73. The molecule has 2 atom stereocenters. The molecule has 96 valence electrons. The van der Waals surface area contributed by atoms with Crippen LogP contribution in [0.2, 0.25) is 0 Å². The summed E-state index contributed by atoms with van der Waals surface area (Å²) >= 11 is 0. The van der Waals surface area contributed by atoms with Crippen LogP contribution in [-0.2, 0) is 9.53 Å². The molecule has 0 saturated carbocycles. The van der Waals surface area contributed by atoms with E-state index < -0.39 is 0 Å². The molecule has 0 spiro atoms. The Bertz CT molecular complexity index is 246. The Hall–Kier alpha value is -0.320. The van der Waals surface area contributed by atoms with Crippen molar-refractivity contribution in [2.75, 3.05) is 20.2 Å². The second kappa shape index (κ2) is 5.84. The van der Waals surface area contributed by atoms with E-state index in [1.807, 2.05) is 4.90 Å². The van der Waals surface area contributed by atoms with E-state index in [0.29, 0.717) is 0 Å². The summed E-state index contributed by atoms with van der Waals surface area (Å²) < 4.78 is 5.04. The Morgan fingerprint density at radius 1 is 1.56 bits per heavy atom. The molecule has 5 heteroatoms. The molecule has 1 aliphatic heterocycles. The fraction of sp³-hybridized carbons (Fsp3) is 0.909. The van der Waals surface area contributed by atoms with Crippen molar-refractivity contribution in [3.8, 4) is 0 Å². The summed E-state index contributed by atoms with van der Waals surface area (Å²) in [5, 5.41) is 0. The second-order valence-electron chi connectivity index (χ2n) is 5.02. The van der Waals surface area contributed by atoms with Crippen molar-refractivity contribution in [3.05, 3.63) is 0 Å². The molecule has 2 unspecified atom stereocenters. The quantitative estimate of drug-likeness (QED) is 0.797. The number of rotatable bonds is 2. The highest BCUT2D eigenvalue weighted by Gasteiger charge is 2.36. The van der Waals surface area contributed by atoms with E-state index in [0.717, 1.165) is 19.5 Å². The minimum Gasteiger partial charge on any atom is -0.372 e. The molecule has 0 aromatic carbocycles. The lowest BCUT2D eigenvalue weighted by Gasteiger charge is -2.43. The van der Waals surface area contributed by atoms with Crippen molar-refractivity contribution in [2.45, 2.75) is 39.3 Å². The van der Waals surface area contributed by atoms with E-state index in [1.54, 1.807) is 14.0 Å². The second-order valence-corrected chi connectivity index (χ2v) is 5.02. The molecular weight excluding hydrogens is 228 g/mol. The number of hydrogen-bond acceptors (Lipinski definition) is 3. The van der Waals surface area contributed by atoms with Crippen LogP contribution in [0.5, 0.6) is 0 Å². The van der Waals surface area contributed by atoms with E-state index >= 15 is 0 Å². The van der Waals surface area contributed by atoms with Crippen molar-refractivity contribution < 1.29 is 9.53 Å². The van der Waals surface area contributed by atoms with Gasteiger partial charge in [0.15, 0.2) is 0 Å². The van der Waals surface area contributed by atoms with Gasteiger partial charge in [0, 0.05) is 26.2 Å². The number of carbonyl (C=O) groups is 1. The monoisotopic (exact) mass is 250 g/mol. The third-order valence-corrected chi connectivity index (χ3v) is 3.33. The highest BCUT2D eigenvalue weighted by Crippen LogP contribution is 2.28. The molecule has 0 aromatic rings. The lowest BCUT2D eigenvalue weighted by atomic mass is 9.79. The van der Waals surface area contributed by atoms with E-state index in [1.165, 1.54) is 0 Å². The summed E-state index contributed by atoms with van der Waals surface area (Å²) in [7, 11) is 1.56. The standard InChI is InChI=1S/C11H22N2O2.ClH/c1-8(15-4)10(14)13-6-5-9(12)11(2,3)7-13;/h8-9H,5-7,12H2,1-4H3;1H. The van der Waals surface area contributed by atoms with Gasteiger partial charge in [0.1, 0.15) is 6.10 Å². The average molecular weight is 251 g/mol. The van der Waals surface area contributed by atoms with Crippen LogP contribution in [0.15, 0.2) is 0 Å². The number of nitrogens with zero attached hydrogens (tertiary/aromatic N) is 1. The van der Waals surface area contributed by atoms with Crippen LogP contribution in [0, 0.1) is 5.41 Å². The molecule has 0 bridgehead atoms. The summed E-state index contributed by atoms with van der Waals surface area (Å²) in [6.45, 7) is 7.46. The van der Waals surface area contributed by atoms with E-state index in [2.05, 4.69) is 13.8 Å². The fourth-order valence-corrected chi connectivity index (χ4v) is 1.92.